The molecule has 0 spiro atoms. The molecule has 1 aliphatic heterocycles. The third kappa shape index (κ3) is 6.34. The van der Waals surface area contributed by atoms with Crippen LogP contribution in [0.5, 0.6) is 0 Å². The molecular weight excluding hydrogens is 468 g/mol. The second kappa shape index (κ2) is 11.4. The van der Waals surface area contributed by atoms with E-state index in [1.165, 1.54) is 0 Å². The van der Waals surface area contributed by atoms with E-state index in [0.717, 1.165) is 59.8 Å². The van der Waals surface area contributed by atoms with Crippen molar-refractivity contribution in [3.05, 3.63) is 96.2 Å². The molecule has 0 unspecified atom stereocenters. The zero-order valence-corrected chi connectivity index (χ0v) is 22.5. The van der Waals surface area contributed by atoms with E-state index in [2.05, 4.69) is 45.3 Å². The lowest BCUT2D eigenvalue weighted by Gasteiger charge is -2.39. The average molecular weight is 505 g/mol. The number of piperazine rings is 1. The highest BCUT2D eigenvalue weighted by atomic mass is 32.2. The summed E-state index contributed by atoms with van der Waals surface area (Å²) in [6, 6.07) is 12.5. The number of aryl methyl sites for hydroxylation is 1. The van der Waals surface area contributed by atoms with Gasteiger partial charge in [-0.15, -0.1) is 0 Å². The van der Waals surface area contributed by atoms with Crippen molar-refractivity contribution in [2.24, 2.45) is 4.99 Å². The molecule has 0 saturated carbocycles. The number of aliphatic imine (C=N–C) groups is 1. The van der Waals surface area contributed by atoms with Crippen molar-refractivity contribution >= 4 is 33.3 Å². The molecule has 36 heavy (non-hydrogen) atoms. The van der Waals surface area contributed by atoms with Gasteiger partial charge in [0.25, 0.3) is 10.0 Å². The summed E-state index contributed by atoms with van der Waals surface area (Å²) in [7, 11) is -3.79. The van der Waals surface area contributed by atoms with Crippen molar-refractivity contribution in [2.45, 2.75) is 32.6 Å². The van der Waals surface area contributed by atoms with Crippen molar-refractivity contribution in [3.8, 4) is 0 Å². The number of allylic oxidation sites excluding steroid dienone is 3. The molecule has 0 bridgehead atoms. The van der Waals surface area contributed by atoms with Gasteiger partial charge in [0, 0.05) is 49.5 Å². The van der Waals surface area contributed by atoms with Crippen LogP contribution >= 0.6 is 0 Å². The predicted octanol–water partition coefficient (Wildman–Crippen LogP) is 6.14. The van der Waals surface area contributed by atoms with Crippen LogP contribution in [-0.4, -0.2) is 50.6 Å². The Bertz CT molecular complexity index is 1310. The van der Waals surface area contributed by atoms with Gasteiger partial charge in [-0.1, -0.05) is 49.6 Å². The standard InChI is InChI=1S/C29H36N4O2S/c1-8-30-29-23(6)10-9-11-28(29)36(34,35)31-26-14-12-25(13-15-26)24(7)32-16-18-33(19-17-32)27(22(4)5)20-21(2)3/h8-15,20,31H,2,4,7,16-19H2,1,3,5-6H3/b27-20+,30-8?. The highest BCUT2D eigenvalue weighted by Gasteiger charge is 2.22. The molecule has 190 valence electrons. The summed E-state index contributed by atoms with van der Waals surface area (Å²) >= 11 is 0. The number of rotatable bonds is 9. The van der Waals surface area contributed by atoms with Crippen molar-refractivity contribution in [2.75, 3.05) is 30.9 Å². The Kier molecular flexibility index (Phi) is 8.58. The van der Waals surface area contributed by atoms with Crippen molar-refractivity contribution in [1.29, 1.82) is 0 Å². The van der Waals surface area contributed by atoms with E-state index in [-0.39, 0.29) is 4.90 Å². The number of sulfonamides is 1. The number of hydrogen-bond acceptors (Lipinski definition) is 5. The van der Waals surface area contributed by atoms with Crippen LogP contribution in [0.2, 0.25) is 0 Å². The molecular formula is C29H36N4O2S. The van der Waals surface area contributed by atoms with Gasteiger partial charge in [0.15, 0.2) is 0 Å². The second-order valence-corrected chi connectivity index (χ2v) is 10.7. The predicted molar refractivity (Wildman–Crippen MR) is 152 cm³/mol. The fraction of sp³-hybridized carbons (Fsp3) is 0.276. The van der Waals surface area contributed by atoms with Crippen LogP contribution in [0.1, 0.15) is 31.9 Å². The van der Waals surface area contributed by atoms with E-state index in [4.69, 9.17) is 0 Å². The van der Waals surface area contributed by atoms with E-state index in [0.29, 0.717) is 11.4 Å². The molecule has 0 atom stereocenters. The highest BCUT2D eigenvalue weighted by Crippen LogP contribution is 2.30. The molecule has 6 nitrogen and oxygen atoms in total. The summed E-state index contributed by atoms with van der Waals surface area (Å²) in [5.41, 5.74) is 6.78. The second-order valence-electron chi connectivity index (χ2n) is 9.07. The summed E-state index contributed by atoms with van der Waals surface area (Å²) in [4.78, 5) is 9.01. The maximum Gasteiger partial charge on any atom is 0.264 e. The van der Waals surface area contributed by atoms with Crippen LogP contribution < -0.4 is 4.72 Å². The van der Waals surface area contributed by atoms with Crippen molar-refractivity contribution in [3.63, 3.8) is 0 Å². The summed E-state index contributed by atoms with van der Waals surface area (Å²) < 4.78 is 28.8. The van der Waals surface area contributed by atoms with Gasteiger partial charge in [-0.3, -0.25) is 9.71 Å². The lowest BCUT2D eigenvalue weighted by molar-refractivity contribution is 0.216. The Morgan fingerprint density at radius 3 is 2.14 bits per heavy atom. The van der Waals surface area contributed by atoms with Crippen LogP contribution in [0.4, 0.5) is 11.4 Å². The van der Waals surface area contributed by atoms with Gasteiger partial charge < -0.3 is 9.80 Å². The van der Waals surface area contributed by atoms with Gasteiger partial charge in [-0.25, -0.2) is 8.42 Å². The topological polar surface area (TPSA) is 65.0 Å². The molecule has 0 radical (unpaired) electrons. The van der Waals surface area contributed by atoms with Crippen molar-refractivity contribution in [1.82, 2.24) is 9.80 Å². The Balaban J connectivity index is 1.69. The van der Waals surface area contributed by atoms with Gasteiger partial charge in [0.05, 0.1) is 5.69 Å². The van der Waals surface area contributed by atoms with E-state index < -0.39 is 10.0 Å². The van der Waals surface area contributed by atoms with Crippen LogP contribution in [-0.2, 0) is 10.0 Å². The minimum atomic E-state index is -3.79. The largest absolute Gasteiger partial charge is 0.368 e. The molecule has 0 aromatic heterocycles. The minimum absolute atomic E-state index is 0.154. The molecule has 3 rings (SSSR count). The number of anilines is 1. The molecule has 0 aliphatic carbocycles. The minimum Gasteiger partial charge on any atom is -0.368 e. The van der Waals surface area contributed by atoms with E-state index >= 15 is 0 Å². The Labute approximate surface area is 216 Å². The van der Waals surface area contributed by atoms with E-state index in [9.17, 15) is 8.42 Å². The first-order chi connectivity index (χ1) is 17.0. The number of nitrogens with one attached hydrogen (secondary N) is 1. The quantitative estimate of drug-likeness (QED) is 0.329. The molecule has 1 fully saturated rings. The monoisotopic (exact) mass is 504 g/mol. The number of benzene rings is 2. The summed E-state index contributed by atoms with van der Waals surface area (Å²) in [5.74, 6) is 0. The molecule has 1 saturated heterocycles. The molecule has 0 amide bonds. The van der Waals surface area contributed by atoms with Crippen LogP contribution in [0.25, 0.3) is 5.70 Å². The Hall–Kier alpha value is -3.58. The fourth-order valence-electron chi connectivity index (χ4n) is 4.20. The SMILES string of the molecule is C=C(C)/C=C(\C(=C)C)N1CCN(C(=C)c2ccc(NS(=O)(=O)c3cccc(C)c3N=CC)cc2)CC1. The molecule has 2 aromatic rings. The molecule has 2 aromatic carbocycles. The zero-order chi connectivity index (χ0) is 26.5. The van der Waals surface area contributed by atoms with Gasteiger partial charge in [-0.2, -0.15) is 0 Å². The first-order valence-electron chi connectivity index (χ1n) is 12.0. The highest BCUT2D eigenvalue weighted by molar-refractivity contribution is 7.92. The third-order valence-electron chi connectivity index (χ3n) is 6.04. The van der Waals surface area contributed by atoms with Crippen LogP contribution in [0.15, 0.2) is 95.0 Å². The lowest BCUT2D eigenvalue weighted by Crippen LogP contribution is -2.44. The fourth-order valence-corrected chi connectivity index (χ4v) is 5.48. The molecule has 1 N–H and O–H groups in total. The number of para-hydroxylation sites is 1. The van der Waals surface area contributed by atoms with Gasteiger partial charge >= 0.3 is 0 Å². The third-order valence-corrected chi connectivity index (χ3v) is 7.45. The summed E-state index contributed by atoms with van der Waals surface area (Å²) in [5, 5.41) is 0. The van der Waals surface area contributed by atoms with Gasteiger partial charge in [0.2, 0.25) is 0 Å². The summed E-state index contributed by atoms with van der Waals surface area (Å²) in [6.45, 7) is 23.4. The first kappa shape index (κ1) is 27.0. The molecule has 1 heterocycles. The maximum atomic E-state index is 13.1. The Morgan fingerprint density at radius 1 is 0.972 bits per heavy atom. The van der Waals surface area contributed by atoms with Crippen LogP contribution in [0, 0.1) is 6.92 Å². The number of hydrogen-bond donors (Lipinski definition) is 1. The average Bonchev–Trinajstić information content (AvgIpc) is 2.83. The normalized spacial score (nSPS) is 14.7. The van der Waals surface area contributed by atoms with Crippen molar-refractivity contribution < 1.29 is 8.42 Å². The molecule has 1 aliphatic rings. The van der Waals surface area contributed by atoms with Crippen LogP contribution in [0.3, 0.4) is 0 Å². The number of nitrogens with zero attached hydrogens (tertiary/aromatic N) is 3. The van der Waals surface area contributed by atoms with E-state index in [1.807, 2.05) is 39.0 Å². The van der Waals surface area contributed by atoms with Gasteiger partial charge in [-0.05, 0) is 68.7 Å². The zero-order valence-electron chi connectivity index (χ0n) is 21.7. The van der Waals surface area contributed by atoms with E-state index in [1.54, 1.807) is 37.4 Å². The van der Waals surface area contributed by atoms with Gasteiger partial charge in [0.1, 0.15) is 4.90 Å². The Morgan fingerprint density at radius 2 is 1.58 bits per heavy atom. The lowest BCUT2D eigenvalue weighted by atomic mass is 10.1. The first-order valence-corrected chi connectivity index (χ1v) is 13.4. The summed E-state index contributed by atoms with van der Waals surface area (Å²) in [6.07, 6.45) is 3.68. The maximum absolute atomic E-state index is 13.1. The molecule has 7 heteroatoms. The smallest absolute Gasteiger partial charge is 0.264 e.